The Balaban J connectivity index is 1.63. The van der Waals surface area contributed by atoms with Crippen molar-refractivity contribution in [2.45, 2.75) is 43.2 Å². The number of rotatable bonds is 3. The Labute approximate surface area is 121 Å². The van der Waals surface area contributed by atoms with E-state index in [4.69, 9.17) is 0 Å². The van der Waals surface area contributed by atoms with Gasteiger partial charge in [-0.3, -0.25) is 4.90 Å². The fourth-order valence-electron chi connectivity index (χ4n) is 3.83. The summed E-state index contributed by atoms with van der Waals surface area (Å²) in [6.07, 6.45) is 4.36. The number of hydrogen-bond acceptors (Lipinski definition) is 3. The van der Waals surface area contributed by atoms with E-state index < -0.39 is 0 Å². The van der Waals surface area contributed by atoms with Gasteiger partial charge in [-0.25, -0.2) is 0 Å². The van der Waals surface area contributed by atoms with Gasteiger partial charge in [-0.15, -0.1) is 0 Å². The standard InChI is InChI=1S/C17H23N3/c1-19-17(13-18)9-7-16(11-17)20-10-8-15(12-20)14-5-3-2-4-6-14/h2-6,15-16,19H,7-12H2,1H3. The number of hydrogen-bond donors (Lipinski definition) is 1. The Hall–Kier alpha value is -1.37. The van der Waals surface area contributed by atoms with Crippen molar-refractivity contribution in [3.05, 3.63) is 35.9 Å². The largest absolute Gasteiger partial charge is 0.302 e. The Morgan fingerprint density at radius 3 is 2.75 bits per heavy atom. The number of benzene rings is 1. The molecule has 1 saturated carbocycles. The van der Waals surface area contributed by atoms with Crippen LogP contribution in [0.3, 0.4) is 0 Å². The molecule has 3 heteroatoms. The first-order valence-electron chi connectivity index (χ1n) is 7.65. The van der Waals surface area contributed by atoms with Gasteiger partial charge in [0.05, 0.1) is 6.07 Å². The third-order valence-corrected chi connectivity index (χ3v) is 5.19. The minimum atomic E-state index is -0.282. The molecule has 0 amide bonds. The van der Waals surface area contributed by atoms with Crippen molar-refractivity contribution >= 4 is 0 Å². The van der Waals surface area contributed by atoms with Crippen molar-refractivity contribution in [3.8, 4) is 6.07 Å². The molecule has 1 aliphatic heterocycles. The summed E-state index contributed by atoms with van der Waals surface area (Å²) in [5.41, 5.74) is 1.18. The number of nitriles is 1. The van der Waals surface area contributed by atoms with E-state index in [1.165, 1.54) is 18.5 Å². The van der Waals surface area contributed by atoms with E-state index in [1.807, 2.05) is 7.05 Å². The second kappa shape index (κ2) is 5.55. The maximum absolute atomic E-state index is 9.38. The molecule has 3 atom stereocenters. The van der Waals surface area contributed by atoms with Crippen LogP contribution in [0.5, 0.6) is 0 Å². The molecule has 1 heterocycles. The summed E-state index contributed by atoms with van der Waals surface area (Å²) in [4.78, 5) is 2.61. The van der Waals surface area contributed by atoms with Gasteiger partial charge in [0.15, 0.2) is 0 Å². The average Bonchev–Trinajstić information content (AvgIpc) is 3.15. The Bertz CT molecular complexity index is 493. The number of nitrogens with one attached hydrogen (secondary N) is 1. The first-order chi connectivity index (χ1) is 9.76. The summed E-state index contributed by atoms with van der Waals surface area (Å²) in [7, 11) is 1.92. The molecule has 0 spiro atoms. The lowest BCUT2D eigenvalue weighted by atomic mass is 9.98. The summed E-state index contributed by atoms with van der Waals surface area (Å²) < 4.78 is 0. The molecule has 1 aromatic carbocycles. The van der Waals surface area contributed by atoms with Gasteiger partial charge in [-0.1, -0.05) is 30.3 Å². The summed E-state index contributed by atoms with van der Waals surface area (Å²) in [6, 6.07) is 13.9. The van der Waals surface area contributed by atoms with Gasteiger partial charge in [-0.2, -0.15) is 5.26 Å². The molecule has 0 radical (unpaired) electrons. The quantitative estimate of drug-likeness (QED) is 0.916. The molecule has 2 fully saturated rings. The van der Waals surface area contributed by atoms with Gasteiger partial charge in [0.2, 0.25) is 0 Å². The lowest BCUT2D eigenvalue weighted by molar-refractivity contribution is 0.235. The first-order valence-corrected chi connectivity index (χ1v) is 7.65. The van der Waals surface area contributed by atoms with Crippen molar-refractivity contribution < 1.29 is 0 Å². The van der Waals surface area contributed by atoms with E-state index in [9.17, 15) is 5.26 Å². The molecule has 1 aliphatic carbocycles. The highest BCUT2D eigenvalue weighted by atomic mass is 15.2. The van der Waals surface area contributed by atoms with Crippen LogP contribution in [0.25, 0.3) is 0 Å². The monoisotopic (exact) mass is 269 g/mol. The maximum atomic E-state index is 9.38. The van der Waals surface area contributed by atoms with Crippen LogP contribution in [-0.4, -0.2) is 36.6 Å². The van der Waals surface area contributed by atoms with Gasteiger partial charge >= 0.3 is 0 Å². The van der Waals surface area contributed by atoms with Crippen LogP contribution >= 0.6 is 0 Å². The van der Waals surface area contributed by atoms with Crippen LogP contribution in [0.4, 0.5) is 0 Å². The van der Waals surface area contributed by atoms with E-state index in [1.54, 1.807) is 0 Å². The van der Waals surface area contributed by atoms with Crippen LogP contribution < -0.4 is 5.32 Å². The third-order valence-electron chi connectivity index (χ3n) is 5.19. The lowest BCUT2D eigenvalue weighted by Crippen LogP contribution is -2.41. The molecule has 1 aromatic rings. The second-order valence-corrected chi connectivity index (χ2v) is 6.23. The van der Waals surface area contributed by atoms with Gasteiger partial charge in [0.25, 0.3) is 0 Å². The lowest BCUT2D eigenvalue weighted by Gasteiger charge is -2.26. The molecule has 1 N–H and O–H groups in total. The van der Waals surface area contributed by atoms with Crippen molar-refractivity contribution in [1.82, 2.24) is 10.2 Å². The van der Waals surface area contributed by atoms with Crippen LogP contribution in [0.2, 0.25) is 0 Å². The Morgan fingerprint density at radius 2 is 2.10 bits per heavy atom. The Kier molecular flexibility index (Phi) is 3.78. The molecule has 2 aliphatic rings. The summed E-state index contributed by atoms with van der Waals surface area (Å²) >= 11 is 0. The zero-order valence-corrected chi connectivity index (χ0v) is 12.2. The maximum Gasteiger partial charge on any atom is 0.108 e. The highest BCUT2D eigenvalue weighted by molar-refractivity contribution is 5.21. The molecule has 3 nitrogen and oxygen atoms in total. The molecule has 3 unspecified atom stereocenters. The van der Waals surface area contributed by atoms with Crippen molar-refractivity contribution in [2.75, 3.05) is 20.1 Å². The van der Waals surface area contributed by atoms with Crippen LogP contribution in [0.1, 0.15) is 37.2 Å². The third kappa shape index (κ3) is 2.46. The van der Waals surface area contributed by atoms with Gasteiger partial charge in [-0.05, 0) is 50.8 Å². The van der Waals surface area contributed by atoms with E-state index in [2.05, 4.69) is 46.6 Å². The smallest absolute Gasteiger partial charge is 0.108 e. The zero-order chi connectivity index (χ0) is 14.0. The fraction of sp³-hybridized carbons (Fsp3) is 0.588. The van der Waals surface area contributed by atoms with Crippen molar-refractivity contribution in [2.24, 2.45) is 0 Å². The SMILES string of the molecule is CNC1(C#N)CCC(N2CCC(c3ccccc3)C2)C1. The van der Waals surface area contributed by atoms with Gasteiger partial charge in [0, 0.05) is 12.6 Å². The van der Waals surface area contributed by atoms with Crippen LogP contribution in [0.15, 0.2) is 30.3 Å². The second-order valence-electron chi connectivity index (χ2n) is 6.23. The van der Waals surface area contributed by atoms with Crippen molar-refractivity contribution in [1.29, 1.82) is 5.26 Å². The highest BCUT2D eigenvalue weighted by Gasteiger charge is 2.42. The predicted octanol–water partition coefficient (Wildman–Crippen LogP) is 2.51. The van der Waals surface area contributed by atoms with Gasteiger partial charge < -0.3 is 5.32 Å². The molecule has 106 valence electrons. The summed E-state index contributed by atoms with van der Waals surface area (Å²) in [5.74, 6) is 0.669. The molecular weight excluding hydrogens is 246 g/mol. The van der Waals surface area contributed by atoms with E-state index in [0.717, 1.165) is 25.8 Å². The van der Waals surface area contributed by atoms with Gasteiger partial charge in [0.1, 0.15) is 5.54 Å². The number of nitrogens with zero attached hydrogens (tertiary/aromatic N) is 2. The predicted molar refractivity (Wildman–Crippen MR) is 80.4 cm³/mol. The van der Waals surface area contributed by atoms with E-state index >= 15 is 0 Å². The summed E-state index contributed by atoms with van der Waals surface area (Å²) in [6.45, 7) is 2.33. The summed E-state index contributed by atoms with van der Waals surface area (Å²) in [5, 5.41) is 12.6. The Morgan fingerprint density at radius 1 is 1.30 bits per heavy atom. The highest BCUT2D eigenvalue weighted by Crippen LogP contribution is 2.37. The van der Waals surface area contributed by atoms with Crippen LogP contribution in [-0.2, 0) is 0 Å². The molecular formula is C17H23N3. The van der Waals surface area contributed by atoms with Crippen molar-refractivity contribution in [3.63, 3.8) is 0 Å². The molecule has 0 aromatic heterocycles. The fourth-order valence-corrected chi connectivity index (χ4v) is 3.83. The van der Waals surface area contributed by atoms with E-state index in [0.29, 0.717) is 12.0 Å². The van der Waals surface area contributed by atoms with E-state index in [-0.39, 0.29) is 5.54 Å². The average molecular weight is 269 g/mol. The zero-order valence-electron chi connectivity index (χ0n) is 12.2. The minimum Gasteiger partial charge on any atom is -0.302 e. The van der Waals surface area contributed by atoms with Crippen LogP contribution in [0, 0.1) is 11.3 Å². The molecule has 20 heavy (non-hydrogen) atoms. The minimum absolute atomic E-state index is 0.282. The number of likely N-dealkylation sites (tertiary alicyclic amines) is 1. The first kappa shape index (κ1) is 13.6. The topological polar surface area (TPSA) is 39.1 Å². The molecule has 3 rings (SSSR count). The normalized spacial score (nSPS) is 34.2. The molecule has 1 saturated heterocycles. The molecule has 0 bridgehead atoms.